The monoisotopic (exact) mass is 298 g/mol. The number of likely N-dealkylation sites (tertiary alicyclic amines) is 1. The van der Waals surface area contributed by atoms with E-state index in [4.69, 9.17) is 0 Å². The van der Waals surface area contributed by atoms with Crippen LogP contribution in [0.4, 0.5) is 5.69 Å². The molecule has 0 radical (unpaired) electrons. The Morgan fingerprint density at radius 1 is 1.14 bits per heavy atom. The maximum Gasteiger partial charge on any atom is 0.232 e. The fourth-order valence-corrected chi connectivity index (χ4v) is 4.25. The summed E-state index contributed by atoms with van der Waals surface area (Å²) in [4.78, 5) is 29.0. The highest BCUT2D eigenvalue weighted by Gasteiger charge is 2.41. The molecule has 4 heteroatoms. The molecule has 2 fully saturated rings. The first-order valence-corrected chi connectivity index (χ1v) is 8.43. The maximum absolute atomic E-state index is 12.9. The molecular formula is C18H22N2O2. The minimum atomic E-state index is -0.153. The number of para-hydroxylation sites is 1. The fraction of sp³-hybridized carbons (Fsp3) is 0.556. The quantitative estimate of drug-likeness (QED) is 0.841. The van der Waals surface area contributed by atoms with Crippen LogP contribution in [0.3, 0.4) is 0 Å². The topological polar surface area (TPSA) is 40.6 Å². The Morgan fingerprint density at radius 3 is 2.73 bits per heavy atom. The lowest BCUT2D eigenvalue weighted by Crippen LogP contribution is -2.38. The van der Waals surface area contributed by atoms with E-state index in [0.29, 0.717) is 19.0 Å². The van der Waals surface area contributed by atoms with Gasteiger partial charge in [-0.3, -0.25) is 9.59 Å². The molecule has 1 aromatic rings. The van der Waals surface area contributed by atoms with Crippen LogP contribution in [0, 0.1) is 5.92 Å². The van der Waals surface area contributed by atoms with E-state index in [0.717, 1.165) is 31.5 Å². The molecule has 0 spiro atoms. The molecule has 3 aliphatic rings. The molecule has 1 saturated carbocycles. The minimum absolute atomic E-state index is 0.138. The van der Waals surface area contributed by atoms with Gasteiger partial charge < -0.3 is 9.80 Å². The molecule has 1 aromatic carbocycles. The van der Waals surface area contributed by atoms with E-state index >= 15 is 0 Å². The smallest absolute Gasteiger partial charge is 0.232 e. The number of carbonyl (C=O) groups excluding carboxylic acids is 2. The van der Waals surface area contributed by atoms with Crippen LogP contribution in [0.15, 0.2) is 24.3 Å². The molecule has 2 aliphatic heterocycles. The normalized spacial score (nSPS) is 25.1. The number of amides is 2. The SMILES string of the molecule is O=C(C1CC(=O)N(C2CCCC2)C1)N1CCc2ccccc21. The molecule has 1 unspecified atom stereocenters. The van der Waals surface area contributed by atoms with Crippen LogP contribution in [0.1, 0.15) is 37.7 Å². The number of rotatable bonds is 2. The van der Waals surface area contributed by atoms with Crippen molar-refractivity contribution >= 4 is 17.5 Å². The van der Waals surface area contributed by atoms with Gasteiger partial charge in [0.2, 0.25) is 11.8 Å². The van der Waals surface area contributed by atoms with Gasteiger partial charge >= 0.3 is 0 Å². The first-order chi connectivity index (χ1) is 10.7. The van der Waals surface area contributed by atoms with Gasteiger partial charge in [-0.25, -0.2) is 0 Å². The van der Waals surface area contributed by atoms with Crippen molar-refractivity contribution in [3.8, 4) is 0 Å². The number of nitrogens with zero attached hydrogens (tertiary/aromatic N) is 2. The third kappa shape index (κ3) is 2.21. The van der Waals surface area contributed by atoms with Gasteiger partial charge in [0, 0.05) is 31.2 Å². The van der Waals surface area contributed by atoms with E-state index in [1.54, 1.807) is 0 Å². The number of hydrogen-bond acceptors (Lipinski definition) is 2. The number of fused-ring (bicyclic) bond motifs is 1. The molecule has 22 heavy (non-hydrogen) atoms. The van der Waals surface area contributed by atoms with Gasteiger partial charge in [0.15, 0.2) is 0 Å². The van der Waals surface area contributed by atoms with Gasteiger partial charge in [-0.1, -0.05) is 31.0 Å². The number of benzene rings is 1. The van der Waals surface area contributed by atoms with Crippen LogP contribution in [0.5, 0.6) is 0 Å². The second-order valence-electron chi connectivity index (χ2n) is 6.75. The lowest BCUT2D eigenvalue weighted by Gasteiger charge is -2.25. The summed E-state index contributed by atoms with van der Waals surface area (Å²) in [5.41, 5.74) is 2.28. The molecular weight excluding hydrogens is 276 g/mol. The van der Waals surface area contributed by atoms with Crippen molar-refractivity contribution in [2.45, 2.75) is 44.6 Å². The zero-order chi connectivity index (χ0) is 15.1. The summed E-state index contributed by atoms with van der Waals surface area (Å²) in [6.45, 7) is 1.38. The predicted octanol–water partition coefficient (Wildman–Crippen LogP) is 2.37. The van der Waals surface area contributed by atoms with Gasteiger partial charge in [0.1, 0.15) is 0 Å². The Bertz CT molecular complexity index is 607. The molecule has 0 N–H and O–H groups in total. The van der Waals surface area contributed by atoms with Gasteiger partial charge in [0.25, 0.3) is 0 Å². The highest BCUT2D eigenvalue weighted by atomic mass is 16.2. The second-order valence-corrected chi connectivity index (χ2v) is 6.75. The third-order valence-electron chi connectivity index (χ3n) is 5.43. The number of carbonyl (C=O) groups is 2. The zero-order valence-corrected chi connectivity index (χ0v) is 12.8. The molecule has 1 atom stereocenters. The van der Waals surface area contributed by atoms with Crippen molar-refractivity contribution in [2.75, 3.05) is 18.0 Å². The van der Waals surface area contributed by atoms with Gasteiger partial charge in [0.05, 0.1) is 5.92 Å². The molecule has 2 amide bonds. The van der Waals surface area contributed by atoms with Gasteiger partial charge in [-0.15, -0.1) is 0 Å². The van der Waals surface area contributed by atoms with Crippen molar-refractivity contribution in [3.05, 3.63) is 29.8 Å². The van der Waals surface area contributed by atoms with Crippen molar-refractivity contribution in [2.24, 2.45) is 5.92 Å². The van der Waals surface area contributed by atoms with Crippen LogP contribution in [-0.2, 0) is 16.0 Å². The maximum atomic E-state index is 12.9. The number of anilines is 1. The van der Waals surface area contributed by atoms with Crippen molar-refractivity contribution in [3.63, 3.8) is 0 Å². The summed E-state index contributed by atoms with van der Waals surface area (Å²) in [5.74, 6) is 0.163. The Hall–Kier alpha value is -1.84. The molecule has 4 nitrogen and oxygen atoms in total. The summed E-state index contributed by atoms with van der Waals surface area (Å²) in [7, 11) is 0. The highest BCUT2D eigenvalue weighted by molar-refractivity contribution is 6.00. The van der Waals surface area contributed by atoms with E-state index in [1.165, 1.54) is 18.4 Å². The van der Waals surface area contributed by atoms with Crippen LogP contribution in [0.25, 0.3) is 0 Å². The van der Waals surface area contributed by atoms with E-state index in [-0.39, 0.29) is 17.7 Å². The van der Waals surface area contributed by atoms with Crippen LogP contribution in [0.2, 0.25) is 0 Å². The third-order valence-corrected chi connectivity index (χ3v) is 5.43. The Balaban J connectivity index is 1.49. The lowest BCUT2D eigenvalue weighted by molar-refractivity contribution is -0.130. The molecule has 0 bridgehead atoms. The Kier molecular flexibility index (Phi) is 3.40. The summed E-state index contributed by atoms with van der Waals surface area (Å²) >= 11 is 0. The van der Waals surface area contributed by atoms with E-state index in [2.05, 4.69) is 6.07 Å². The van der Waals surface area contributed by atoms with E-state index in [1.807, 2.05) is 28.0 Å². The van der Waals surface area contributed by atoms with Crippen molar-refractivity contribution < 1.29 is 9.59 Å². The van der Waals surface area contributed by atoms with E-state index < -0.39 is 0 Å². The lowest BCUT2D eigenvalue weighted by atomic mass is 10.1. The minimum Gasteiger partial charge on any atom is -0.339 e. The number of hydrogen-bond donors (Lipinski definition) is 0. The predicted molar refractivity (Wildman–Crippen MR) is 84.6 cm³/mol. The van der Waals surface area contributed by atoms with Crippen LogP contribution >= 0.6 is 0 Å². The Labute approximate surface area is 131 Å². The van der Waals surface area contributed by atoms with Gasteiger partial charge in [-0.2, -0.15) is 0 Å². The van der Waals surface area contributed by atoms with Crippen LogP contribution < -0.4 is 4.90 Å². The van der Waals surface area contributed by atoms with Crippen molar-refractivity contribution in [1.82, 2.24) is 4.90 Å². The average molecular weight is 298 g/mol. The molecule has 4 rings (SSSR count). The highest BCUT2D eigenvalue weighted by Crippen LogP contribution is 2.33. The first-order valence-electron chi connectivity index (χ1n) is 8.43. The first kappa shape index (κ1) is 13.8. The van der Waals surface area contributed by atoms with Gasteiger partial charge in [-0.05, 0) is 30.9 Å². The zero-order valence-electron chi connectivity index (χ0n) is 12.8. The Morgan fingerprint density at radius 2 is 1.91 bits per heavy atom. The fourth-order valence-electron chi connectivity index (χ4n) is 4.25. The summed E-state index contributed by atoms with van der Waals surface area (Å²) in [5, 5.41) is 0. The molecule has 0 aromatic heterocycles. The molecule has 2 heterocycles. The largest absolute Gasteiger partial charge is 0.339 e. The molecule has 1 aliphatic carbocycles. The van der Waals surface area contributed by atoms with Crippen LogP contribution in [-0.4, -0.2) is 35.8 Å². The summed E-state index contributed by atoms with van der Waals surface area (Å²) in [6.07, 6.45) is 5.97. The van der Waals surface area contributed by atoms with E-state index in [9.17, 15) is 9.59 Å². The summed E-state index contributed by atoms with van der Waals surface area (Å²) < 4.78 is 0. The van der Waals surface area contributed by atoms with Crippen molar-refractivity contribution in [1.29, 1.82) is 0 Å². The summed E-state index contributed by atoms with van der Waals surface area (Å²) in [6, 6.07) is 8.50. The molecule has 1 saturated heterocycles. The molecule has 116 valence electrons. The standard InChI is InChI=1S/C18H22N2O2/c21-17-11-14(12-20(17)15-6-2-3-7-15)18(22)19-10-9-13-5-1-4-8-16(13)19/h1,4-5,8,14-15H,2-3,6-7,9-12H2. The second kappa shape index (κ2) is 5.41. The average Bonchev–Trinajstić information content (AvgIpc) is 3.25.